The molecule has 1 heterocycles. The van der Waals surface area contributed by atoms with Crippen molar-refractivity contribution in [2.45, 2.75) is 51.5 Å². The van der Waals surface area contributed by atoms with Crippen molar-refractivity contribution < 1.29 is 4.39 Å². The number of imidazole rings is 1. The van der Waals surface area contributed by atoms with Crippen molar-refractivity contribution >= 4 is 5.96 Å². The summed E-state index contributed by atoms with van der Waals surface area (Å²) in [5.74, 6) is 1.76. The van der Waals surface area contributed by atoms with Crippen LogP contribution in [0.15, 0.2) is 41.7 Å². The van der Waals surface area contributed by atoms with E-state index in [4.69, 9.17) is 4.99 Å². The zero-order chi connectivity index (χ0) is 19.1. The molecule has 0 atom stereocenters. The van der Waals surface area contributed by atoms with Crippen LogP contribution in [0.5, 0.6) is 0 Å². The Morgan fingerprint density at radius 3 is 2.74 bits per heavy atom. The lowest BCUT2D eigenvalue weighted by Crippen LogP contribution is -2.38. The second kappa shape index (κ2) is 9.02. The first-order valence-electron chi connectivity index (χ1n) is 9.89. The van der Waals surface area contributed by atoms with Crippen LogP contribution in [0.3, 0.4) is 0 Å². The fraction of sp³-hybridized carbons (Fsp3) is 0.524. The molecule has 0 spiro atoms. The van der Waals surface area contributed by atoms with E-state index < -0.39 is 0 Å². The average Bonchev–Trinajstić information content (AvgIpc) is 3.35. The molecular formula is C21H30FN5. The maximum atomic E-state index is 14.1. The topological polar surface area (TPSA) is 54.2 Å². The Hall–Kier alpha value is -2.37. The highest BCUT2D eigenvalue weighted by molar-refractivity contribution is 5.79. The van der Waals surface area contributed by atoms with Gasteiger partial charge in [-0.1, -0.05) is 18.2 Å². The monoisotopic (exact) mass is 371 g/mol. The summed E-state index contributed by atoms with van der Waals surface area (Å²) in [7, 11) is 0. The number of guanidine groups is 1. The van der Waals surface area contributed by atoms with Crippen LogP contribution < -0.4 is 10.6 Å². The molecule has 6 heteroatoms. The molecule has 146 valence electrons. The summed E-state index contributed by atoms with van der Waals surface area (Å²) in [4.78, 5) is 8.98. The van der Waals surface area contributed by atoms with Gasteiger partial charge in [0.15, 0.2) is 5.96 Å². The molecule has 0 amide bonds. The number of hydrogen-bond acceptors (Lipinski definition) is 2. The predicted molar refractivity (Wildman–Crippen MR) is 107 cm³/mol. The molecule has 1 aromatic carbocycles. The van der Waals surface area contributed by atoms with Crippen LogP contribution in [0.25, 0.3) is 0 Å². The lowest BCUT2D eigenvalue weighted by Gasteiger charge is -2.16. The fourth-order valence-electron chi connectivity index (χ4n) is 3.38. The van der Waals surface area contributed by atoms with Gasteiger partial charge in [0, 0.05) is 37.4 Å². The average molecular weight is 372 g/mol. The molecule has 27 heavy (non-hydrogen) atoms. The highest BCUT2D eigenvalue weighted by Crippen LogP contribution is 2.49. The molecule has 5 nitrogen and oxygen atoms in total. The van der Waals surface area contributed by atoms with Crippen molar-refractivity contribution in [3.05, 3.63) is 53.9 Å². The van der Waals surface area contributed by atoms with Crippen molar-refractivity contribution in [1.82, 2.24) is 20.2 Å². The van der Waals surface area contributed by atoms with Crippen LogP contribution >= 0.6 is 0 Å². The van der Waals surface area contributed by atoms with E-state index >= 15 is 0 Å². The van der Waals surface area contributed by atoms with Gasteiger partial charge in [0.25, 0.3) is 0 Å². The first kappa shape index (κ1) is 19.4. The Kier molecular flexibility index (Phi) is 6.48. The zero-order valence-corrected chi connectivity index (χ0v) is 16.3. The second-order valence-corrected chi connectivity index (χ2v) is 7.26. The maximum absolute atomic E-state index is 14.1. The zero-order valence-electron chi connectivity index (χ0n) is 16.3. The Morgan fingerprint density at radius 1 is 1.26 bits per heavy atom. The summed E-state index contributed by atoms with van der Waals surface area (Å²) in [6, 6.07) is 7.10. The van der Waals surface area contributed by atoms with E-state index in [0.717, 1.165) is 62.7 Å². The van der Waals surface area contributed by atoms with Gasteiger partial charge in [-0.3, -0.25) is 4.99 Å². The summed E-state index contributed by atoms with van der Waals surface area (Å²) in [5.41, 5.74) is 0.687. The van der Waals surface area contributed by atoms with Gasteiger partial charge in [-0.05, 0) is 51.2 Å². The summed E-state index contributed by atoms with van der Waals surface area (Å²) in [6.07, 6.45) is 8.00. The van der Waals surface area contributed by atoms with E-state index in [0.29, 0.717) is 6.54 Å². The molecular weight excluding hydrogens is 341 g/mol. The van der Waals surface area contributed by atoms with Crippen molar-refractivity contribution in [3.63, 3.8) is 0 Å². The van der Waals surface area contributed by atoms with Crippen LogP contribution in [0.1, 0.15) is 44.0 Å². The summed E-state index contributed by atoms with van der Waals surface area (Å²) in [5, 5.41) is 6.69. The van der Waals surface area contributed by atoms with Crippen LogP contribution in [-0.4, -0.2) is 35.1 Å². The number of rotatable bonds is 9. The third-order valence-corrected chi connectivity index (χ3v) is 5.22. The Labute approximate surface area is 161 Å². The largest absolute Gasteiger partial charge is 0.357 e. The number of nitrogens with one attached hydrogen (secondary N) is 2. The van der Waals surface area contributed by atoms with Gasteiger partial charge in [-0.25, -0.2) is 9.37 Å². The van der Waals surface area contributed by atoms with Crippen molar-refractivity contribution in [2.24, 2.45) is 4.99 Å². The molecule has 1 saturated carbocycles. The van der Waals surface area contributed by atoms with Crippen LogP contribution in [0.4, 0.5) is 4.39 Å². The number of halogens is 1. The summed E-state index contributed by atoms with van der Waals surface area (Å²) in [6.45, 7) is 7.37. The number of nitrogens with zero attached hydrogens (tertiary/aromatic N) is 3. The third-order valence-electron chi connectivity index (χ3n) is 5.22. The lowest BCUT2D eigenvalue weighted by molar-refractivity contribution is 0.570. The van der Waals surface area contributed by atoms with E-state index in [1.807, 2.05) is 31.5 Å². The Bertz CT molecular complexity index is 763. The van der Waals surface area contributed by atoms with Gasteiger partial charge in [-0.15, -0.1) is 0 Å². The van der Waals surface area contributed by atoms with E-state index in [1.165, 1.54) is 0 Å². The van der Waals surface area contributed by atoms with Gasteiger partial charge in [0.05, 0.1) is 6.54 Å². The summed E-state index contributed by atoms with van der Waals surface area (Å²) >= 11 is 0. The number of hydrogen-bond donors (Lipinski definition) is 2. The van der Waals surface area contributed by atoms with Gasteiger partial charge in [-0.2, -0.15) is 0 Å². The Morgan fingerprint density at radius 2 is 2.07 bits per heavy atom. The lowest BCUT2D eigenvalue weighted by atomic mass is 9.95. The maximum Gasteiger partial charge on any atom is 0.191 e. The number of unbranched alkanes of at least 4 members (excludes halogenated alkanes) is 1. The van der Waals surface area contributed by atoms with Crippen LogP contribution in [0.2, 0.25) is 0 Å². The molecule has 0 aliphatic heterocycles. The smallest absolute Gasteiger partial charge is 0.191 e. The standard InChI is InChI=1S/C21H30FN5/c1-3-23-20(25-12-6-7-14-27-15-13-24-17(27)2)26-16-21(10-11-21)18-8-4-5-9-19(18)22/h4-5,8-9,13,15H,3,6-7,10-12,14,16H2,1-2H3,(H2,23,25,26). The minimum absolute atomic E-state index is 0.113. The second-order valence-electron chi connectivity index (χ2n) is 7.26. The normalized spacial score (nSPS) is 15.6. The molecule has 1 aliphatic carbocycles. The van der Waals surface area contributed by atoms with Crippen molar-refractivity contribution in [3.8, 4) is 0 Å². The molecule has 1 aliphatic rings. The minimum atomic E-state index is -0.118. The van der Waals surface area contributed by atoms with Gasteiger partial charge < -0.3 is 15.2 Å². The molecule has 1 aromatic heterocycles. The van der Waals surface area contributed by atoms with Crippen LogP contribution in [0, 0.1) is 12.7 Å². The molecule has 0 radical (unpaired) electrons. The third kappa shape index (κ3) is 5.08. The molecule has 0 unspecified atom stereocenters. The number of aromatic nitrogens is 2. The first-order valence-corrected chi connectivity index (χ1v) is 9.89. The van der Waals surface area contributed by atoms with Crippen molar-refractivity contribution in [2.75, 3.05) is 19.6 Å². The van der Waals surface area contributed by atoms with Crippen molar-refractivity contribution in [1.29, 1.82) is 0 Å². The first-order chi connectivity index (χ1) is 13.1. The van der Waals surface area contributed by atoms with E-state index in [-0.39, 0.29) is 11.2 Å². The predicted octanol–water partition coefficient (Wildman–Crippen LogP) is 3.40. The van der Waals surface area contributed by atoms with Gasteiger partial charge in [0.1, 0.15) is 11.6 Å². The highest BCUT2D eigenvalue weighted by Gasteiger charge is 2.45. The highest BCUT2D eigenvalue weighted by atomic mass is 19.1. The number of benzene rings is 1. The fourth-order valence-corrected chi connectivity index (χ4v) is 3.38. The Balaban J connectivity index is 1.48. The van der Waals surface area contributed by atoms with E-state index in [1.54, 1.807) is 12.1 Å². The number of aliphatic imine (C=N–C) groups is 1. The molecule has 2 aromatic rings. The van der Waals surface area contributed by atoms with Gasteiger partial charge >= 0.3 is 0 Å². The molecule has 3 rings (SSSR count). The molecule has 0 bridgehead atoms. The molecule has 1 fully saturated rings. The van der Waals surface area contributed by atoms with Crippen LogP contribution in [-0.2, 0) is 12.0 Å². The quantitative estimate of drug-likeness (QED) is 0.404. The van der Waals surface area contributed by atoms with E-state index in [2.05, 4.69) is 27.1 Å². The number of aryl methyl sites for hydroxylation is 2. The van der Waals surface area contributed by atoms with E-state index in [9.17, 15) is 4.39 Å². The molecule has 0 saturated heterocycles. The minimum Gasteiger partial charge on any atom is -0.357 e. The molecule has 2 N–H and O–H groups in total. The van der Waals surface area contributed by atoms with Gasteiger partial charge in [0.2, 0.25) is 0 Å². The SMILES string of the molecule is CCNC(=NCC1(c2ccccc2F)CC1)NCCCCn1ccnc1C. The summed E-state index contributed by atoms with van der Waals surface area (Å²) < 4.78 is 16.3.